The largest absolute Gasteiger partial charge is 0.379 e. The van der Waals surface area contributed by atoms with Crippen molar-refractivity contribution in [1.82, 2.24) is 10.2 Å². The molecule has 2 aromatic rings. The van der Waals surface area contributed by atoms with Crippen molar-refractivity contribution in [3.63, 3.8) is 0 Å². The van der Waals surface area contributed by atoms with E-state index in [-0.39, 0.29) is 6.04 Å². The Morgan fingerprint density at radius 1 is 1.00 bits per heavy atom. The molecule has 0 bridgehead atoms. The van der Waals surface area contributed by atoms with Crippen LogP contribution >= 0.6 is 0 Å². The maximum atomic E-state index is 12.6. The number of hydrogen-bond acceptors (Lipinski definition) is 5. The minimum Gasteiger partial charge on any atom is -0.379 e. The first-order valence-corrected chi connectivity index (χ1v) is 11.7. The summed E-state index contributed by atoms with van der Waals surface area (Å²) < 4.78 is 5.54. The molecule has 7 heteroatoms. The molecule has 0 aromatic heterocycles. The van der Waals surface area contributed by atoms with Gasteiger partial charge in [-0.05, 0) is 67.1 Å². The molecule has 1 fully saturated rings. The first kappa shape index (κ1) is 23.3. The normalized spacial score (nSPS) is 17.2. The summed E-state index contributed by atoms with van der Waals surface area (Å²) in [5.74, 6) is -1.27. The first-order chi connectivity index (χ1) is 15.9. The lowest BCUT2D eigenvalue weighted by atomic mass is 9.95. The van der Waals surface area contributed by atoms with Crippen LogP contribution in [-0.4, -0.2) is 63.2 Å². The molecule has 0 aliphatic carbocycles. The van der Waals surface area contributed by atoms with Crippen molar-refractivity contribution in [3.8, 4) is 0 Å². The van der Waals surface area contributed by atoms with Crippen LogP contribution in [0.1, 0.15) is 34.7 Å². The average Bonchev–Trinajstić information content (AvgIpc) is 2.82. The number of nitrogens with zero attached hydrogens (tertiary/aromatic N) is 2. The number of aryl methyl sites for hydroxylation is 3. The van der Waals surface area contributed by atoms with Gasteiger partial charge < -0.3 is 20.3 Å². The highest BCUT2D eigenvalue weighted by Gasteiger charge is 2.26. The van der Waals surface area contributed by atoms with Gasteiger partial charge in [0.2, 0.25) is 0 Å². The molecule has 1 atom stereocenters. The summed E-state index contributed by atoms with van der Waals surface area (Å²) in [5.41, 5.74) is 6.63. The summed E-state index contributed by atoms with van der Waals surface area (Å²) in [6, 6.07) is 12.2. The molecular formula is C26H34N4O3. The van der Waals surface area contributed by atoms with Crippen LogP contribution in [0.3, 0.4) is 0 Å². The number of anilines is 2. The molecule has 2 aliphatic rings. The van der Waals surface area contributed by atoms with Gasteiger partial charge in [0.1, 0.15) is 0 Å². The van der Waals surface area contributed by atoms with Gasteiger partial charge in [0.05, 0.1) is 19.3 Å². The fourth-order valence-corrected chi connectivity index (χ4v) is 4.64. The number of amides is 2. The number of carbonyl (C=O) groups excluding carboxylic acids is 2. The number of rotatable bonds is 5. The lowest BCUT2D eigenvalue weighted by Crippen LogP contribution is -2.45. The Morgan fingerprint density at radius 2 is 1.79 bits per heavy atom. The van der Waals surface area contributed by atoms with Crippen molar-refractivity contribution in [3.05, 3.63) is 58.7 Å². The molecule has 2 amide bonds. The third-order valence-electron chi connectivity index (χ3n) is 6.75. The zero-order valence-corrected chi connectivity index (χ0v) is 19.8. The molecule has 2 aromatic carbocycles. The van der Waals surface area contributed by atoms with Gasteiger partial charge in [-0.1, -0.05) is 18.2 Å². The van der Waals surface area contributed by atoms with Crippen LogP contribution in [0.2, 0.25) is 0 Å². The van der Waals surface area contributed by atoms with E-state index in [2.05, 4.69) is 45.7 Å². The lowest BCUT2D eigenvalue weighted by Gasteiger charge is -2.36. The zero-order valence-electron chi connectivity index (χ0n) is 19.8. The van der Waals surface area contributed by atoms with Gasteiger partial charge in [-0.25, -0.2) is 0 Å². The quantitative estimate of drug-likeness (QED) is 0.686. The summed E-state index contributed by atoms with van der Waals surface area (Å²) in [6.45, 7) is 8.38. The highest BCUT2D eigenvalue weighted by atomic mass is 16.5. The van der Waals surface area contributed by atoms with Gasteiger partial charge in [0.15, 0.2) is 0 Å². The molecular weight excluding hydrogens is 416 g/mol. The van der Waals surface area contributed by atoms with Gasteiger partial charge in [-0.15, -0.1) is 0 Å². The Morgan fingerprint density at radius 3 is 2.55 bits per heavy atom. The molecule has 2 N–H and O–H groups in total. The number of benzene rings is 2. The van der Waals surface area contributed by atoms with E-state index < -0.39 is 11.8 Å². The second-order valence-corrected chi connectivity index (χ2v) is 9.04. The van der Waals surface area contributed by atoms with Crippen LogP contribution in [0.25, 0.3) is 0 Å². The van der Waals surface area contributed by atoms with Crippen molar-refractivity contribution in [1.29, 1.82) is 0 Å². The molecule has 2 heterocycles. The molecule has 0 saturated carbocycles. The van der Waals surface area contributed by atoms with E-state index in [0.717, 1.165) is 43.6 Å². The van der Waals surface area contributed by atoms with E-state index in [0.29, 0.717) is 25.4 Å². The predicted molar refractivity (Wildman–Crippen MR) is 131 cm³/mol. The van der Waals surface area contributed by atoms with Gasteiger partial charge in [0.25, 0.3) is 0 Å². The fourth-order valence-electron chi connectivity index (χ4n) is 4.64. The van der Waals surface area contributed by atoms with Gasteiger partial charge in [-0.3, -0.25) is 14.5 Å². The van der Waals surface area contributed by atoms with E-state index >= 15 is 0 Å². The van der Waals surface area contributed by atoms with Crippen molar-refractivity contribution >= 4 is 23.2 Å². The van der Waals surface area contributed by atoms with Crippen LogP contribution < -0.4 is 15.5 Å². The predicted octanol–water partition coefficient (Wildman–Crippen LogP) is 2.81. The van der Waals surface area contributed by atoms with Crippen LogP contribution in [0.5, 0.6) is 0 Å². The van der Waals surface area contributed by atoms with Crippen LogP contribution in [-0.2, 0) is 20.7 Å². The number of ether oxygens (including phenoxy) is 1. The van der Waals surface area contributed by atoms with Crippen molar-refractivity contribution in [2.45, 2.75) is 32.7 Å². The van der Waals surface area contributed by atoms with E-state index in [4.69, 9.17) is 4.74 Å². The third kappa shape index (κ3) is 5.54. The van der Waals surface area contributed by atoms with Crippen LogP contribution in [0, 0.1) is 13.8 Å². The molecule has 4 rings (SSSR count). The molecule has 2 aliphatic heterocycles. The standard InChI is InChI=1S/C26H34N4O3/c1-18-6-8-22(15-19(18)2)28-26(32)25(31)27-17-24(30-11-13-33-14-12-30)21-7-9-23-20(16-21)5-4-10-29(23)3/h6-9,15-16,24H,4-5,10-14,17H2,1-3H3,(H,27,31)(H,28,32)/t24-/m1/s1. The molecule has 33 heavy (non-hydrogen) atoms. The molecule has 0 radical (unpaired) electrons. The molecule has 0 unspecified atom stereocenters. The number of fused-ring (bicyclic) bond motifs is 1. The summed E-state index contributed by atoms with van der Waals surface area (Å²) in [6.07, 6.45) is 2.21. The lowest BCUT2D eigenvalue weighted by molar-refractivity contribution is -0.136. The second-order valence-electron chi connectivity index (χ2n) is 9.04. The minimum atomic E-state index is -0.647. The second kappa shape index (κ2) is 10.4. The number of hydrogen-bond donors (Lipinski definition) is 2. The maximum absolute atomic E-state index is 12.6. The average molecular weight is 451 g/mol. The molecule has 7 nitrogen and oxygen atoms in total. The van der Waals surface area contributed by atoms with Gasteiger partial charge in [0, 0.05) is 44.6 Å². The zero-order chi connectivity index (χ0) is 23.4. The Labute approximate surface area is 196 Å². The Kier molecular flexibility index (Phi) is 7.30. The highest BCUT2D eigenvalue weighted by molar-refractivity contribution is 6.39. The van der Waals surface area contributed by atoms with Crippen LogP contribution in [0.4, 0.5) is 11.4 Å². The van der Waals surface area contributed by atoms with Gasteiger partial charge in [-0.2, -0.15) is 0 Å². The van der Waals surface area contributed by atoms with Crippen molar-refractivity contribution in [2.75, 3.05) is 56.7 Å². The third-order valence-corrected chi connectivity index (χ3v) is 6.75. The van der Waals surface area contributed by atoms with Crippen LogP contribution in [0.15, 0.2) is 36.4 Å². The Balaban J connectivity index is 1.46. The molecule has 1 saturated heterocycles. The first-order valence-electron chi connectivity index (χ1n) is 11.7. The number of carbonyl (C=O) groups is 2. The fraction of sp³-hybridized carbons (Fsp3) is 0.462. The topological polar surface area (TPSA) is 73.9 Å². The highest BCUT2D eigenvalue weighted by Crippen LogP contribution is 2.31. The summed E-state index contributed by atoms with van der Waals surface area (Å²) >= 11 is 0. The smallest absolute Gasteiger partial charge is 0.313 e. The Hall–Kier alpha value is -2.90. The monoisotopic (exact) mass is 450 g/mol. The van der Waals surface area contributed by atoms with Crippen molar-refractivity contribution in [2.24, 2.45) is 0 Å². The van der Waals surface area contributed by atoms with E-state index in [1.54, 1.807) is 0 Å². The van der Waals surface area contributed by atoms with E-state index in [1.807, 2.05) is 32.0 Å². The summed E-state index contributed by atoms with van der Waals surface area (Å²) in [5, 5.41) is 5.58. The van der Waals surface area contributed by atoms with Gasteiger partial charge >= 0.3 is 11.8 Å². The minimum absolute atomic E-state index is 0.00944. The summed E-state index contributed by atoms with van der Waals surface area (Å²) in [4.78, 5) is 29.7. The molecule has 0 spiro atoms. The van der Waals surface area contributed by atoms with E-state index in [1.165, 1.54) is 16.8 Å². The maximum Gasteiger partial charge on any atom is 0.313 e. The van der Waals surface area contributed by atoms with E-state index in [9.17, 15) is 9.59 Å². The SMILES string of the molecule is Cc1ccc(NC(=O)C(=O)NC[C@H](c2ccc3c(c2)CCCN3C)N2CCOCC2)cc1C. The Bertz CT molecular complexity index is 1020. The number of nitrogens with one attached hydrogen (secondary N) is 2. The number of morpholine rings is 1. The summed E-state index contributed by atoms with van der Waals surface area (Å²) in [7, 11) is 2.13. The molecule has 176 valence electrons. The van der Waals surface area contributed by atoms with Crippen molar-refractivity contribution < 1.29 is 14.3 Å².